The lowest BCUT2D eigenvalue weighted by atomic mass is 9.95. The lowest BCUT2D eigenvalue weighted by molar-refractivity contribution is 0.358. The standard InChI is InChI=1S/C28H34N8O/c37-23-11-9-21(10-12-23)13-15-30-26-25-27(36(20-31-25)22-6-2-1-3-7-22)33-28(32-26)35-18-16-34(17-19-35)24-8-4-5-14-29-24/h4-5,8-12,14,20,22,37H,1-3,6-7,13,15-19H2,(H,30,32,33). The number of hydrogen-bond acceptors (Lipinski definition) is 8. The molecule has 3 aromatic heterocycles. The quantitative estimate of drug-likeness (QED) is 0.387. The highest BCUT2D eigenvalue weighted by molar-refractivity contribution is 5.84. The van der Waals surface area contributed by atoms with Gasteiger partial charge in [0.15, 0.2) is 17.0 Å². The molecule has 0 radical (unpaired) electrons. The smallest absolute Gasteiger partial charge is 0.229 e. The third-order valence-corrected chi connectivity index (χ3v) is 7.56. The maximum absolute atomic E-state index is 9.57. The van der Waals surface area contributed by atoms with Crippen LogP contribution in [-0.4, -0.2) is 62.3 Å². The predicted octanol–water partition coefficient (Wildman–Crippen LogP) is 4.41. The summed E-state index contributed by atoms with van der Waals surface area (Å²) >= 11 is 0. The Kier molecular flexibility index (Phi) is 6.75. The zero-order chi connectivity index (χ0) is 25.0. The van der Waals surface area contributed by atoms with Crippen molar-refractivity contribution in [3.8, 4) is 5.75 Å². The summed E-state index contributed by atoms with van der Waals surface area (Å²) in [5.74, 6) is 2.86. The largest absolute Gasteiger partial charge is 0.508 e. The van der Waals surface area contributed by atoms with Crippen molar-refractivity contribution >= 4 is 28.7 Å². The van der Waals surface area contributed by atoms with Crippen LogP contribution < -0.4 is 15.1 Å². The Bertz CT molecular complexity index is 1310. The second-order valence-corrected chi connectivity index (χ2v) is 9.99. The molecule has 0 bridgehead atoms. The van der Waals surface area contributed by atoms with Gasteiger partial charge in [0.1, 0.15) is 11.6 Å². The SMILES string of the molecule is Oc1ccc(CCNc2nc(N3CCN(c4ccccn4)CC3)nc3c2ncn3C2CCCCC2)cc1. The molecule has 9 heteroatoms. The molecule has 1 aliphatic heterocycles. The molecule has 6 rings (SSSR count). The molecule has 0 spiro atoms. The van der Waals surface area contributed by atoms with Crippen LogP contribution in [0, 0.1) is 0 Å². The average Bonchev–Trinajstić information content (AvgIpc) is 3.39. The summed E-state index contributed by atoms with van der Waals surface area (Å²) in [6.07, 6.45) is 10.8. The van der Waals surface area contributed by atoms with Crippen molar-refractivity contribution in [2.24, 2.45) is 0 Å². The Labute approximate surface area is 217 Å². The van der Waals surface area contributed by atoms with Crippen molar-refractivity contribution in [1.82, 2.24) is 24.5 Å². The molecule has 1 saturated heterocycles. The molecule has 1 aromatic carbocycles. The zero-order valence-corrected chi connectivity index (χ0v) is 21.1. The van der Waals surface area contributed by atoms with Gasteiger partial charge in [0.05, 0.1) is 6.33 Å². The highest BCUT2D eigenvalue weighted by Gasteiger charge is 2.24. The Morgan fingerprint density at radius 2 is 1.65 bits per heavy atom. The third kappa shape index (κ3) is 5.16. The van der Waals surface area contributed by atoms with Gasteiger partial charge in [-0.05, 0) is 49.1 Å². The summed E-state index contributed by atoms with van der Waals surface area (Å²) < 4.78 is 2.29. The van der Waals surface area contributed by atoms with E-state index >= 15 is 0 Å². The van der Waals surface area contributed by atoms with Crippen molar-refractivity contribution in [3.05, 3.63) is 60.6 Å². The summed E-state index contributed by atoms with van der Waals surface area (Å²) in [6, 6.07) is 13.9. The number of piperazine rings is 1. The minimum atomic E-state index is 0.287. The van der Waals surface area contributed by atoms with Crippen LogP contribution in [0.3, 0.4) is 0 Å². The molecule has 0 atom stereocenters. The second kappa shape index (κ2) is 10.6. The summed E-state index contributed by atoms with van der Waals surface area (Å²) in [7, 11) is 0. The van der Waals surface area contributed by atoms with Crippen LogP contribution in [0.2, 0.25) is 0 Å². The topological polar surface area (TPSA) is 95.2 Å². The summed E-state index contributed by atoms with van der Waals surface area (Å²) in [5.41, 5.74) is 2.93. The number of nitrogens with zero attached hydrogens (tertiary/aromatic N) is 7. The second-order valence-electron chi connectivity index (χ2n) is 9.99. The van der Waals surface area contributed by atoms with Gasteiger partial charge >= 0.3 is 0 Å². The number of phenolic OH excluding ortho intramolecular Hbond substituents is 1. The van der Waals surface area contributed by atoms with Crippen molar-refractivity contribution in [3.63, 3.8) is 0 Å². The van der Waals surface area contributed by atoms with Gasteiger partial charge in [0, 0.05) is 45.0 Å². The molecular formula is C28H34N8O. The molecule has 4 aromatic rings. The molecule has 1 aliphatic carbocycles. The first-order chi connectivity index (χ1) is 18.2. The average molecular weight is 499 g/mol. The Morgan fingerprint density at radius 3 is 2.41 bits per heavy atom. The molecule has 192 valence electrons. The van der Waals surface area contributed by atoms with Crippen LogP contribution in [0.5, 0.6) is 5.75 Å². The highest BCUT2D eigenvalue weighted by atomic mass is 16.3. The van der Waals surface area contributed by atoms with Crippen LogP contribution in [0.25, 0.3) is 11.2 Å². The van der Waals surface area contributed by atoms with E-state index in [4.69, 9.17) is 15.0 Å². The van der Waals surface area contributed by atoms with E-state index in [0.717, 1.165) is 73.5 Å². The maximum Gasteiger partial charge on any atom is 0.229 e. The van der Waals surface area contributed by atoms with Crippen LogP contribution in [0.15, 0.2) is 55.0 Å². The van der Waals surface area contributed by atoms with Crippen molar-refractivity contribution in [2.75, 3.05) is 47.8 Å². The summed E-state index contributed by atoms with van der Waals surface area (Å²) in [5, 5.41) is 13.1. The number of imidazole rings is 1. The fourth-order valence-corrected chi connectivity index (χ4v) is 5.46. The van der Waals surface area contributed by atoms with Crippen LogP contribution in [0.1, 0.15) is 43.7 Å². The molecule has 9 nitrogen and oxygen atoms in total. The number of pyridine rings is 1. The molecule has 2 fully saturated rings. The minimum absolute atomic E-state index is 0.287. The van der Waals surface area contributed by atoms with Gasteiger partial charge in [-0.25, -0.2) is 9.97 Å². The number of fused-ring (bicyclic) bond motifs is 1. The van der Waals surface area contributed by atoms with Gasteiger partial charge in [-0.3, -0.25) is 0 Å². The molecule has 37 heavy (non-hydrogen) atoms. The number of phenols is 1. The van der Waals surface area contributed by atoms with Crippen LogP contribution in [-0.2, 0) is 6.42 Å². The molecule has 0 amide bonds. The number of rotatable bonds is 7. The summed E-state index contributed by atoms with van der Waals surface area (Å²) in [6.45, 7) is 4.16. The van der Waals surface area contributed by atoms with Gasteiger partial charge in [-0.15, -0.1) is 0 Å². The first kappa shape index (κ1) is 23.5. The molecule has 2 aliphatic rings. The van der Waals surface area contributed by atoms with Gasteiger partial charge < -0.3 is 24.8 Å². The Hall–Kier alpha value is -3.88. The van der Waals surface area contributed by atoms with E-state index in [1.165, 1.54) is 32.1 Å². The molecule has 2 N–H and O–H groups in total. The van der Waals surface area contributed by atoms with E-state index in [0.29, 0.717) is 6.04 Å². The first-order valence-electron chi connectivity index (χ1n) is 13.4. The number of nitrogens with one attached hydrogen (secondary N) is 1. The predicted molar refractivity (Wildman–Crippen MR) is 146 cm³/mol. The maximum atomic E-state index is 9.57. The van der Waals surface area contributed by atoms with Gasteiger partial charge in [-0.1, -0.05) is 37.5 Å². The molecular weight excluding hydrogens is 464 g/mol. The monoisotopic (exact) mass is 498 g/mol. The van der Waals surface area contributed by atoms with E-state index < -0.39 is 0 Å². The lowest BCUT2D eigenvalue weighted by Gasteiger charge is -2.35. The molecule has 0 unspecified atom stereocenters. The minimum Gasteiger partial charge on any atom is -0.508 e. The van der Waals surface area contributed by atoms with Crippen LogP contribution >= 0.6 is 0 Å². The number of aromatic hydroxyl groups is 1. The summed E-state index contributed by atoms with van der Waals surface area (Å²) in [4.78, 5) is 24.0. The lowest BCUT2D eigenvalue weighted by Crippen LogP contribution is -2.47. The molecule has 4 heterocycles. The normalized spacial score (nSPS) is 16.9. The van der Waals surface area contributed by atoms with Gasteiger partial charge in [0.2, 0.25) is 5.95 Å². The first-order valence-corrected chi connectivity index (χ1v) is 13.4. The van der Waals surface area contributed by atoms with E-state index in [1.54, 1.807) is 12.1 Å². The van der Waals surface area contributed by atoms with E-state index in [9.17, 15) is 5.11 Å². The van der Waals surface area contributed by atoms with Gasteiger partial charge in [-0.2, -0.15) is 9.97 Å². The highest BCUT2D eigenvalue weighted by Crippen LogP contribution is 2.32. The van der Waals surface area contributed by atoms with E-state index in [1.807, 2.05) is 36.8 Å². The number of hydrogen-bond donors (Lipinski definition) is 2. The number of aromatic nitrogens is 5. The van der Waals surface area contributed by atoms with E-state index in [2.05, 4.69) is 30.7 Å². The third-order valence-electron chi connectivity index (χ3n) is 7.56. The van der Waals surface area contributed by atoms with Gasteiger partial charge in [0.25, 0.3) is 0 Å². The van der Waals surface area contributed by atoms with Crippen molar-refractivity contribution in [2.45, 2.75) is 44.6 Å². The Balaban J connectivity index is 1.25. The fraction of sp³-hybridized carbons (Fsp3) is 0.429. The van der Waals surface area contributed by atoms with Crippen LogP contribution in [0.4, 0.5) is 17.6 Å². The number of benzene rings is 1. The van der Waals surface area contributed by atoms with Crippen molar-refractivity contribution < 1.29 is 5.11 Å². The Morgan fingerprint density at radius 1 is 0.865 bits per heavy atom. The molecule has 1 saturated carbocycles. The van der Waals surface area contributed by atoms with E-state index in [-0.39, 0.29) is 5.75 Å². The number of anilines is 3. The van der Waals surface area contributed by atoms with Crippen molar-refractivity contribution in [1.29, 1.82) is 0 Å². The zero-order valence-electron chi connectivity index (χ0n) is 21.1. The fourth-order valence-electron chi connectivity index (χ4n) is 5.46.